The Hall–Kier alpha value is -2.31. The fourth-order valence-electron chi connectivity index (χ4n) is 2.91. The van der Waals surface area contributed by atoms with E-state index in [-0.39, 0.29) is 5.91 Å². The molecule has 3 atom stereocenters. The smallest absolute Gasteiger partial charge is 0.235 e. The van der Waals surface area contributed by atoms with Crippen LogP contribution in [-0.4, -0.2) is 28.8 Å². The molecule has 1 aliphatic heterocycles. The minimum absolute atomic E-state index is 0.368. The number of hydrogen-bond donors (Lipinski definition) is 2. The summed E-state index contributed by atoms with van der Waals surface area (Å²) in [5.41, 5.74) is 1.11. The zero-order valence-electron chi connectivity index (χ0n) is 12.1. The van der Waals surface area contributed by atoms with E-state index >= 15 is 0 Å². The van der Waals surface area contributed by atoms with Crippen molar-refractivity contribution in [1.82, 2.24) is 0 Å². The third-order valence-electron chi connectivity index (χ3n) is 4.06. The van der Waals surface area contributed by atoms with Crippen molar-refractivity contribution in [2.24, 2.45) is 5.92 Å². The molecule has 0 unspecified atom stereocenters. The first-order valence-corrected chi connectivity index (χ1v) is 7.16. The summed E-state index contributed by atoms with van der Waals surface area (Å²) in [6.07, 6.45) is -1.21. The second-order valence-electron chi connectivity index (χ2n) is 5.46. The molecule has 0 radical (unpaired) electrons. The van der Waals surface area contributed by atoms with Crippen LogP contribution in [0, 0.1) is 17.6 Å². The highest BCUT2D eigenvalue weighted by molar-refractivity contribution is 6.03. The molecule has 2 aromatic carbocycles. The molecule has 3 rings (SSSR count). The standard InChI is InChI=1S/C17H15F2NO3/c18-11-3-1-10(2-4-11)16-15(14(22)9-21)17(23)20(16)13-7-5-12(19)6-8-13/h1-8,14-16,21-22H,9H2/t14-,15+,16-/m1/s1. The van der Waals surface area contributed by atoms with Gasteiger partial charge in [-0.05, 0) is 42.0 Å². The number of aliphatic hydroxyl groups is 2. The van der Waals surface area contributed by atoms with E-state index in [9.17, 15) is 18.7 Å². The number of halogens is 2. The molecule has 4 nitrogen and oxygen atoms in total. The summed E-state index contributed by atoms with van der Waals surface area (Å²) in [5, 5.41) is 19.1. The molecule has 120 valence electrons. The molecule has 23 heavy (non-hydrogen) atoms. The number of β-lactam (4-membered cyclic amide) rings is 1. The van der Waals surface area contributed by atoms with Crippen molar-refractivity contribution in [3.8, 4) is 0 Å². The highest BCUT2D eigenvalue weighted by Crippen LogP contribution is 2.45. The number of hydrogen-bond acceptors (Lipinski definition) is 3. The van der Waals surface area contributed by atoms with E-state index in [1.54, 1.807) is 0 Å². The maximum atomic E-state index is 13.1. The van der Waals surface area contributed by atoms with Crippen LogP contribution in [0.4, 0.5) is 14.5 Å². The topological polar surface area (TPSA) is 60.8 Å². The van der Waals surface area contributed by atoms with Crippen LogP contribution in [-0.2, 0) is 4.79 Å². The van der Waals surface area contributed by atoms with E-state index in [2.05, 4.69) is 0 Å². The van der Waals surface area contributed by atoms with Crippen LogP contribution >= 0.6 is 0 Å². The van der Waals surface area contributed by atoms with Crippen molar-refractivity contribution in [1.29, 1.82) is 0 Å². The molecule has 1 fully saturated rings. The first-order valence-electron chi connectivity index (χ1n) is 7.16. The average Bonchev–Trinajstić information content (AvgIpc) is 2.55. The number of amides is 1. The Kier molecular flexibility index (Phi) is 4.11. The Morgan fingerprint density at radius 3 is 2.04 bits per heavy atom. The largest absolute Gasteiger partial charge is 0.394 e. The monoisotopic (exact) mass is 319 g/mol. The average molecular weight is 319 g/mol. The zero-order valence-corrected chi connectivity index (χ0v) is 12.1. The van der Waals surface area contributed by atoms with Crippen molar-refractivity contribution in [3.63, 3.8) is 0 Å². The number of nitrogens with zero attached hydrogens (tertiary/aromatic N) is 1. The SMILES string of the molecule is O=C1[C@@H]([C@H](O)CO)[C@@H](c2ccc(F)cc2)N1c1ccc(F)cc1. The van der Waals surface area contributed by atoms with E-state index < -0.39 is 36.3 Å². The van der Waals surface area contributed by atoms with Gasteiger partial charge in [0.1, 0.15) is 11.6 Å². The van der Waals surface area contributed by atoms with Gasteiger partial charge in [0.2, 0.25) is 5.91 Å². The molecular weight excluding hydrogens is 304 g/mol. The molecule has 1 aliphatic rings. The van der Waals surface area contributed by atoms with Crippen LogP contribution in [0.15, 0.2) is 48.5 Å². The van der Waals surface area contributed by atoms with Gasteiger partial charge in [0.05, 0.1) is 24.7 Å². The summed E-state index contributed by atoms with van der Waals surface area (Å²) in [6.45, 7) is -0.550. The van der Waals surface area contributed by atoms with Crippen molar-refractivity contribution in [3.05, 3.63) is 65.7 Å². The number of aliphatic hydroxyl groups excluding tert-OH is 2. The van der Waals surface area contributed by atoms with Crippen LogP contribution in [0.2, 0.25) is 0 Å². The number of anilines is 1. The molecule has 6 heteroatoms. The van der Waals surface area contributed by atoms with Gasteiger partial charge < -0.3 is 15.1 Å². The zero-order chi connectivity index (χ0) is 16.6. The molecule has 1 heterocycles. The number of rotatable bonds is 4. The quantitative estimate of drug-likeness (QED) is 0.848. The highest BCUT2D eigenvalue weighted by atomic mass is 19.1. The van der Waals surface area contributed by atoms with Crippen LogP contribution in [0.25, 0.3) is 0 Å². The molecule has 0 bridgehead atoms. The predicted octanol–water partition coefficient (Wildman–Crippen LogP) is 2.02. The summed E-state index contributed by atoms with van der Waals surface area (Å²) < 4.78 is 26.2. The van der Waals surface area contributed by atoms with E-state index in [0.29, 0.717) is 11.3 Å². The summed E-state index contributed by atoms with van der Waals surface area (Å²) in [4.78, 5) is 13.8. The lowest BCUT2D eigenvalue weighted by Gasteiger charge is -2.49. The van der Waals surface area contributed by atoms with Crippen molar-refractivity contribution in [2.45, 2.75) is 12.1 Å². The van der Waals surface area contributed by atoms with Crippen LogP contribution < -0.4 is 4.90 Å². The van der Waals surface area contributed by atoms with E-state index in [1.807, 2.05) is 0 Å². The minimum Gasteiger partial charge on any atom is -0.394 e. The van der Waals surface area contributed by atoms with Gasteiger partial charge in [0, 0.05) is 5.69 Å². The fourth-order valence-corrected chi connectivity index (χ4v) is 2.91. The van der Waals surface area contributed by atoms with E-state index in [1.165, 1.54) is 53.4 Å². The molecule has 2 N–H and O–H groups in total. The first-order chi connectivity index (χ1) is 11.0. The lowest BCUT2D eigenvalue weighted by atomic mass is 9.78. The molecule has 2 aromatic rings. The molecule has 0 spiro atoms. The predicted molar refractivity (Wildman–Crippen MR) is 79.6 cm³/mol. The molecular formula is C17H15F2NO3. The lowest BCUT2D eigenvalue weighted by molar-refractivity contribution is -0.137. The van der Waals surface area contributed by atoms with Gasteiger partial charge in [-0.15, -0.1) is 0 Å². The van der Waals surface area contributed by atoms with Gasteiger partial charge >= 0.3 is 0 Å². The summed E-state index contributed by atoms with van der Waals surface area (Å²) in [7, 11) is 0. The second kappa shape index (κ2) is 6.06. The van der Waals surface area contributed by atoms with Gasteiger partial charge in [-0.3, -0.25) is 4.79 Å². The highest BCUT2D eigenvalue weighted by Gasteiger charge is 2.52. The van der Waals surface area contributed by atoms with Gasteiger partial charge in [-0.2, -0.15) is 0 Å². The maximum absolute atomic E-state index is 13.1. The Morgan fingerprint density at radius 2 is 1.52 bits per heavy atom. The number of carbonyl (C=O) groups excluding carboxylic acids is 1. The normalized spacial score (nSPS) is 21.9. The van der Waals surface area contributed by atoms with Gasteiger partial charge in [-0.1, -0.05) is 12.1 Å². The number of benzene rings is 2. The van der Waals surface area contributed by atoms with Crippen LogP contribution in [0.3, 0.4) is 0 Å². The van der Waals surface area contributed by atoms with Crippen molar-refractivity contribution >= 4 is 11.6 Å². The Morgan fingerprint density at radius 1 is 1.00 bits per heavy atom. The molecule has 0 aliphatic carbocycles. The first kappa shape index (κ1) is 15.6. The van der Waals surface area contributed by atoms with Crippen LogP contribution in [0.5, 0.6) is 0 Å². The second-order valence-corrected chi connectivity index (χ2v) is 5.46. The van der Waals surface area contributed by atoms with Gasteiger partial charge in [0.25, 0.3) is 0 Å². The Labute approximate surface area is 131 Å². The van der Waals surface area contributed by atoms with Crippen molar-refractivity contribution < 1.29 is 23.8 Å². The van der Waals surface area contributed by atoms with Crippen LogP contribution in [0.1, 0.15) is 11.6 Å². The summed E-state index contributed by atoms with van der Waals surface area (Å²) in [6, 6.07) is 10.4. The van der Waals surface area contributed by atoms with E-state index in [0.717, 1.165) is 0 Å². The molecule has 0 saturated carbocycles. The van der Waals surface area contributed by atoms with Gasteiger partial charge in [0.15, 0.2) is 0 Å². The minimum atomic E-state index is -1.21. The maximum Gasteiger partial charge on any atom is 0.235 e. The van der Waals surface area contributed by atoms with E-state index in [4.69, 9.17) is 5.11 Å². The lowest BCUT2D eigenvalue weighted by Crippen LogP contribution is -2.60. The Bertz CT molecular complexity index is 703. The molecule has 1 saturated heterocycles. The Balaban J connectivity index is 1.99. The van der Waals surface area contributed by atoms with Crippen molar-refractivity contribution in [2.75, 3.05) is 11.5 Å². The summed E-state index contributed by atoms with van der Waals surface area (Å²) in [5.74, 6) is -2.03. The summed E-state index contributed by atoms with van der Waals surface area (Å²) >= 11 is 0. The third kappa shape index (κ3) is 2.71. The third-order valence-corrected chi connectivity index (χ3v) is 4.06. The number of carbonyl (C=O) groups is 1. The molecule has 1 amide bonds. The molecule has 0 aromatic heterocycles. The van der Waals surface area contributed by atoms with Gasteiger partial charge in [-0.25, -0.2) is 8.78 Å². The fraction of sp³-hybridized carbons (Fsp3) is 0.235.